The molecule has 2 saturated carbocycles. The van der Waals surface area contributed by atoms with Crippen molar-refractivity contribution in [3.05, 3.63) is 24.2 Å². The van der Waals surface area contributed by atoms with Gasteiger partial charge >= 0.3 is 11.9 Å². The highest BCUT2D eigenvalue weighted by atomic mass is 16.7. The van der Waals surface area contributed by atoms with Gasteiger partial charge in [-0.05, 0) is 45.6 Å². The fourth-order valence-corrected chi connectivity index (χ4v) is 8.90. The quantitative estimate of drug-likeness (QED) is 0.490. The van der Waals surface area contributed by atoms with Crippen molar-refractivity contribution in [3.63, 3.8) is 0 Å². The molecule has 34 heavy (non-hydrogen) atoms. The molecule has 0 amide bonds. The number of aliphatic hydroxyl groups is 1. The fourth-order valence-electron chi connectivity index (χ4n) is 8.90. The number of ether oxygens (including phenoxy) is 3. The van der Waals surface area contributed by atoms with Crippen LogP contribution in [0.4, 0.5) is 0 Å². The maximum absolute atomic E-state index is 14.2. The van der Waals surface area contributed by atoms with E-state index in [1.165, 1.54) is 0 Å². The molecular formula is C26H32O8. The molecule has 1 N–H and O–H groups in total. The Bertz CT molecular complexity index is 1090. The van der Waals surface area contributed by atoms with Crippen LogP contribution in [0.3, 0.4) is 0 Å². The number of ketones is 1. The summed E-state index contributed by atoms with van der Waals surface area (Å²) in [6.45, 7) is 9.61. The highest BCUT2D eigenvalue weighted by molar-refractivity contribution is 5.93. The molecule has 9 atom stereocenters. The number of esters is 2. The summed E-state index contributed by atoms with van der Waals surface area (Å²) in [5.41, 5.74) is -3.69. The highest BCUT2D eigenvalue weighted by Gasteiger charge is 2.88. The summed E-state index contributed by atoms with van der Waals surface area (Å²) in [7, 11) is 0. The highest BCUT2D eigenvalue weighted by Crippen LogP contribution is 2.78. The van der Waals surface area contributed by atoms with E-state index in [1.54, 1.807) is 18.6 Å². The van der Waals surface area contributed by atoms with Gasteiger partial charge in [0, 0.05) is 28.7 Å². The van der Waals surface area contributed by atoms with Crippen LogP contribution in [0.1, 0.15) is 72.0 Å². The molecule has 5 aliphatic rings. The molecule has 3 aliphatic heterocycles. The van der Waals surface area contributed by atoms with Crippen molar-refractivity contribution in [2.45, 2.75) is 89.8 Å². The average Bonchev–Trinajstić information content (AvgIpc) is 3.33. The van der Waals surface area contributed by atoms with Crippen molar-refractivity contribution in [1.29, 1.82) is 0 Å². The lowest BCUT2D eigenvalue weighted by Gasteiger charge is -2.66. The zero-order valence-corrected chi connectivity index (χ0v) is 20.3. The Morgan fingerprint density at radius 3 is 2.41 bits per heavy atom. The van der Waals surface area contributed by atoms with Crippen molar-refractivity contribution in [3.8, 4) is 0 Å². The standard InChI is InChI=1S/C26H32O8/c1-22(2)15-10-17(28)25(5)14(24(15,4)16(27)11-18(29)33-22)6-8-23(3)19(13-7-9-31-12-13)32-21(30)20-26(23,25)34-20/h7,9,12,14-16,19-20,27H,6,8,10-11H2,1-5H3/t14-,15+,16+,19+,20-,23+,24-,25+,26-/m1/s1. The summed E-state index contributed by atoms with van der Waals surface area (Å²) in [5.74, 6) is -1.59. The minimum absolute atomic E-state index is 0.00716. The number of hydrogen-bond donors (Lipinski definition) is 1. The number of carbonyl (C=O) groups excluding carboxylic acids is 3. The van der Waals surface area contributed by atoms with Crippen LogP contribution < -0.4 is 0 Å². The molecule has 0 bridgehead atoms. The second-order valence-electron chi connectivity index (χ2n) is 12.2. The van der Waals surface area contributed by atoms with Crippen LogP contribution in [0.15, 0.2) is 23.0 Å². The van der Waals surface area contributed by atoms with Crippen LogP contribution in [-0.2, 0) is 28.6 Å². The van der Waals surface area contributed by atoms with Gasteiger partial charge in [-0.3, -0.25) is 9.59 Å². The minimum atomic E-state index is -1.05. The molecule has 1 aromatic rings. The number of rotatable bonds is 1. The molecule has 184 valence electrons. The molecule has 8 heteroatoms. The Hall–Kier alpha value is -2.19. The summed E-state index contributed by atoms with van der Waals surface area (Å²) >= 11 is 0. The largest absolute Gasteiger partial charge is 0.472 e. The smallest absolute Gasteiger partial charge is 0.339 e. The van der Waals surface area contributed by atoms with E-state index >= 15 is 0 Å². The van der Waals surface area contributed by atoms with Crippen LogP contribution in [0.25, 0.3) is 0 Å². The zero-order valence-electron chi connectivity index (χ0n) is 20.3. The number of cyclic esters (lactones) is 2. The monoisotopic (exact) mass is 472 g/mol. The summed E-state index contributed by atoms with van der Waals surface area (Å²) in [6, 6.07) is 1.79. The van der Waals surface area contributed by atoms with Crippen molar-refractivity contribution < 1.29 is 38.1 Å². The van der Waals surface area contributed by atoms with Crippen LogP contribution >= 0.6 is 0 Å². The van der Waals surface area contributed by atoms with Crippen molar-refractivity contribution in [2.24, 2.45) is 28.1 Å². The molecule has 8 nitrogen and oxygen atoms in total. The number of Topliss-reactive ketones (excluding diaryl/α,β-unsaturated/α-hetero) is 1. The van der Waals surface area contributed by atoms with E-state index < -0.39 is 57.7 Å². The number of carbonyl (C=O) groups is 3. The van der Waals surface area contributed by atoms with Crippen LogP contribution in [0.2, 0.25) is 0 Å². The van der Waals surface area contributed by atoms with Crippen molar-refractivity contribution in [2.75, 3.05) is 0 Å². The Kier molecular flexibility index (Phi) is 4.14. The SMILES string of the molecule is CC1(C)OC(=O)C[C@H](O)[C@]2(C)[C@H]3CC[C@@]4(C)[C@H](c5ccoc5)OC(=O)[C@H]5O[C@]54[C@]3(C)C(=O)C[C@@H]12. The van der Waals surface area contributed by atoms with Gasteiger partial charge in [0.05, 0.1) is 30.5 Å². The summed E-state index contributed by atoms with van der Waals surface area (Å²) < 4.78 is 23.2. The van der Waals surface area contributed by atoms with Gasteiger partial charge in [0.15, 0.2) is 6.10 Å². The first-order valence-electron chi connectivity index (χ1n) is 12.2. The first kappa shape index (κ1) is 22.3. The third kappa shape index (κ3) is 2.25. The van der Waals surface area contributed by atoms with Crippen LogP contribution in [-0.4, -0.2) is 46.2 Å². The Morgan fingerprint density at radius 1 is 1.00 bits per heavy atom. The minimum Gasteiger partial charge on any atom is -0.472 e. The summed E-state index contributed by atoms with van der Waals surface area (Å²) in [5, 5.41) is 11.4. The third-order valence-electron chi connectivity index (χ3n) is 10.5. The normalized spacial score (nSPS) is 51.1. The summed E-state index contributed by atoms with van der Waals surface area (Å²) in [6.07, 6.45) is 1.99. The maximum Gasteiger partial charge on any atom is 0.339 e. The maximum atomic E-state index is 14.2. The van der Waals surface area contributed by atoms with E-state index in [9.17, 15) is 19.5 Å². The predicted octanol–water partition coefficient (Wildman–Crippen LogP) is 3.12. The number of epoxide rings is 1. The molecule has 0 aromatic carbocycles. The Morgan fingerprint density at radius 2 is 1.74 bits per heavy atom. The van der Waals surface area contributed by atoms with E-state index in [1.807, 2.05) is 34.6 Å². The molecule has 6 rings (SSSR count). The topological polar surface area (TPSA) is 116 Å². The molecule has 3 saturated heterocycles. The van der Waals surface area contributed by atoms with Gasteiger partial charge in [-0.25, -0.2) is 4.79 Å². The second-order valence-corrected chi connectivity index (χ2v) is 12.2. The van der Waals surface area contributed by atoms with Gasteiger partial charge in [0.25, 0.3) is 0 Å². The molecule has 2 aliphatic carbocycles. The first-order chi connectivity index (χ1) is 15.8. The lowest BCUT2D eigenvalue weighted by atomic mass is 9.37. The molecule has 0 unspecified atom stereocenters. The van der Waals surface area contributed by atoms with E-state index in [0.717, 1.165) is 5.56 Å². The van der Waals surface area contributed by atoms with Gasteiger partial charge < -0.3 is 23.7 Å². The fraction of sp³-hybridized carbons (Fsp3) is 0.731. The van der Waals surface area contributed by atoms with Gasteiger partial charge in [0.2, 0.25) is 0 Å². The van der Waals surface area contributed by atoms with Gasteiger partial charge in [-0.2, -0.15) is 0 Å². The summed E-state index contributed by atoms with van der Waals surface area (Å²) in [4.78, 5) is 39.8. The first-order valence-corrected chi connectivity index (χ1v) is 12.2. The zero-order chi connectivity index (χ0) is 24.5. The lowest BCUT2D eigenvalue weighted by molar-refractivity contribution is -0.231. The number of furan rings is 1. The van der Waals surface area contributed by atoms with E-state index in [4.69, 9.17) is 18.6 Å². The molecule has 5 fully saturated rings. The lowest BCUT2D eigenvalue weighted by Crippen LogP contribution is -2.72. The van der Waals surface area contributed by atoms with Crippen LogP contribution in [0.5, 0.6) is 0 Å². The van der Waals surface area contributed by atoms with E-state index in [2.05, 4.69) is 0 Å². The second kappa shape index (κ2) is 6.32. The third-order valence-corrected chi connectivity index (χ3v) is 10.5. The van der Waals surface area contributed by atoms with Gasteiger partial charge in [0.1, 0.15) is 23.1 Å². The van der Waals surface area contributed by atoms with Gasteiger partial charge in [-0.15, -0.1) is 0 Å². The van der Waals surface area contributed by atoms with Crippen LogP contribution in [0, 0.1) is 28.1 Å². The average molecular weight is 473 g/mol. The number of hydrogen-bond acceptors (Lipinski definition) is 8. The molecule has 1 spiro atoms. The molecular weight excluding hydrogens is 440 g/mol. The molecule has 4 heterocycles. The van der Waals surface area contributed by atoms with E-state index in [0.29, 0.717) is 12.8 Å². The van der Waals surface area contributed by atoms with Crippen molar-refractivity contribution >= 4 is 17.7 Å². The van der Waals surface area contributed by atoms with Crippen molar-refractivity contribution in [1.82, 2.24) is 0 Å². The molecule has 0 radical (unpaired) electrons. The number of fused-ring (bicyclic) bond motifs is 3. The van der Waals surface area contributed by atoms with Gasteiger partial charge in [-0.1, -0.05) is 13.8 Å². The molecule has 1 aromatic heterocycles. The Balaban J connectivity index is 1.53. The van der Waals surface area contributed by atoms with E-state index in [-0.39, 0.29) is 30.5 Å². The Labute approximate surface area is 198 Å². The number of aliphatic hydroxyl groups excluding tert-OH is 1. The predicted molar refractivity (Wildman–Crippen MR) is 116 cm³/mol.